The Morgan fingerprint density at radius 1 is 1.26 bits per heavy atom. The van der Waals surface area contributed by atoms with Gasteiger partial charge in [-0.3, -0.25) is 0 Å². The van der Waals surface area contributed by atoms with E-state index in [2.05, 4.69) is 21.2 Å². The van der Waals surface area contributed by atoms with Crippen molar-refractivity contribution in [3.05, 3.63) is 40.0 Å². The van der Waals surface area contributed by atoms with Crippen LogP contribution in [0.15, 0.2) is 34.4 Å². The van der Waals surface area contributed by atoms with Crippen molar-refractivity contribution in [1.29, 1.82) is 0 Å². The van der Waals surface area contributed by atoms with Crippen molar-refractivity contribution in [3.8, 4) is 0 Å². The topological polar surface area (TPSA) is 90.9 Å². The number of halogens is 1. The molecule has 0 radical (unpaired) electrons. The Morgan fingerprint density at radius 2 is 1.87 bits per heavy atom. The second kappa shape index (κ2) is 6.41. The smallest absolute Gasteiger partial charge is 0.350 e. The van der Waals surface area contributed by atoms with Crippen LogP contribution in [0.4, 0.5) is 5.69 Å². The number of hydrogen-bond acceptors (Lipinski definition) is 7. The molecule has 0 amide bonds. The summed E-state index contributed by atoms with van der Waals surface area (Å²) in [5.41, 5.74) is 0.272. The van der Waals surface area contributed by atoms with Gasteiger partial charge in [-0.15, -0.1) is 0 Å². The van der Waals surface area contributed by atoms with Crippen LogP contribution in [0, 0.1) is 0 Å². The SMILES string of the molecule is COC(=O)c1c(Br)cccc1NC=C1C(=O)OC(C)(C)OC1=O. The van der Waals surface area contributed by atoms with Crippen molar-refractivity contribution in [2.45, 2.75) is 19.6 Å². The molecule has 1 N–H and O–H groups in total. The maximum atomic E-state index is 11.9. The van der Waals surface area contributed by atoms with Gasteiger partial charge in [0.2, 0.25) is 0 Å². The Bertz CT molecular complexity index is 688. The lowest BCUT2D eigenvalue weighted by molar-refractivity contribution is -0.222. The van der Waals surface area contributed by atoms with Crippen molar-refractivity contribution >= 4 is 39.5 Å². The predicted octanol–water partition coefficient (Wildman–Crippen LogP) is 2.37. The number of anilines is 1. The summed E-state index contributed by atoms with van der Waals surface area (Å²) >= 11 is 3.25. The first-order valence-electron chi connectivity index (χ1n) is 6.55. The van der Waals surface area contributed by atoms with Crippen molar-refractivity contribution in [2.75, 3.05) is 12.4 Å². The number of cyclic esters (lactones) is 2. The van der Waals surface area contributed by atoms with E-state index >= 15 is 0 Å². The Kier molecular flexibility index (Phi) is 4.74. The molecule has 0 bridgehead atoms. The van der Waals surface area contributed by atoms with Gasteiger partial charge in [0.1, 0.15) is 0 Å². The molecule has 1 aliphatic rings. The zero-order chi connectivity index (χ0) is 17.2. The van der Waals surface area contributed by atoms with Gasteiger partial charge in [0.25, 0.3) is 5.79 Å². The minimum Gasteiger partial charge on any atom is -0.465 e. The average molecular weight is 384 g/mol. The fourth-order valence-electron chi connectivity index (χ4n) is 1.88. The number of esters is 3. The number of ether oxygens (including phenoxy) is 3. The third-order valence-corrected chi connectivity index (χ3v) is 3.55. The third-order valence-electron chi connectivity index (χ3n) is 2.89. The van der Waals surface area contributed by atoms with Gasteiger partial charge < -0.3 is 19.5 Å². The molecular weight excluding hydrogens is 370 g/mol. The predicted molar refractivity (Wildman–Crippen MR) is 83.5 cm³/mol. The van der Waals surface area contributed by atoms with E-state index in [1.807, 2.05) is 0 Å². The number of carbonyl (C=O) groups is 3. The summed E-state index contributed by atoms with van der Waals surface area (Å²) in [7, 11) is 1.25. The number of nitrogens with one attached hydrogen (secondary N) is 1. The summed E-state index contributed by atoms with van der Waals surface area (Å²) in [5.74, 6) is -3.51. The lowest BCUT2D eigenvalue weighted by Gasteiger charge is -2.29. The highest BCUT2D eigenvalue weighted by Gasteiger charge is 2.39. The Morgan fingerprint density at radius 3 is 2.43 bits per heavy atom. The van der Waals surface area contributed by atoms with Crippen LogP contribution in [0.3, 0.4) is 0 Å². The summed E-state index contributed by atoms with van der Waals surface area (Å²) < 4.78 is 15.2. The molecule has 0 aliphatic carbocycles. The van der Waals surface area contributed by atoms with E-state index in [9.17, 15) is 14.4 Å². The van der Waals surface area contributed by atoms with E-state index in [-0.39, 0.29) is 11.1 Å². The fourth-order valence-corrected chi connectivity index (χ4v) is 2.41. The van der Waals surface area contributed by atoms with Crippen LogP contribution in [0.1, 0.15) is 24.2 Å². The van der Waals surface area contributed by atoms with Crippen molar-refractivity contribution in [1.82, 2.24) is 0 Å². The first-order chi connectivity index (χ1) is 10.7. The molecule has 1 heterocycles. The zero-order valence-electron chi connectivity index (χ0n) is 12.6. The van der Waals surface area contributed by atoms with Gasteiger partial charge in [0.05, 0.1) is 18.4 Å². The molecule has 1 aromatic carbocycles. The van der Waals surface area contributed by atoms with Gasteiger partial charge >= 0.3 is 17.9 Å². The standard InChI is InChI=1S/C15H14BrNO6/c1-15(2)22-12(18)8(13(19)23-15)7-17-10-6-4-5-9(16)11(10)14(20)21-3/h4-7,17H,1-3H3. The summed E-state index contributed by atoms with van der Waals surface area (Å²) in [4.78, 5) is 35.5. The molecule has 122 valence electrons. The van der Waals surface area contributed by atoms with E-state index in [0.29, 0.717) is 10.2 Å². The molecule has 0 unspecified atom stereocenters. The minimum atomic E-state index is -1.31. The largest absolute Gasteiger partial charge is 0.465 e. The molecule has 7 nitrogen and oxygen atoms in total. The van der Waals surface area contributed by atoms with Crippen molar-refractivity contribution < 1.29 is 28.6 Å². The molecular formula is C15H14BrNO6. The molecule has 0 saturated carbocycles. The molecule has 0 atom stereocenters. The normalized spacial score (nSPS) is 16.3. The molecule has 1 aliphatic heterocycles. The lowest BCUT2D eigenvalue weighted by atomic mass is 10.1. The molecule has 2 rings (SSSR count). The minimum absolute atomic E-state index is 0.227. The van der Waals surface area contributed by atoms with Gasteiger partial charge in [-0.05, 0) is 28.1 Å². The maximum absolute atomic E-state index is 11.9. The van der Waals surface area contributed by atoms with Crippen LogP contribution in [0.5, 0.6) is 0 Å². The van der Waals surface area contributed by atoms with E-state index in [1.54, 1.807) is 18.2 Å². The van der Waals surface area contributed by atoms with Crippen LogP contribution in [-0.2, 0) is 23.8 Å². The maximum Gasteiger partial charge on any atom is 0.350 e. The van der Waals surface area contributed by atoms with Crippen LogP contribution in [-0.4, -0.2) is 30.8 Å². The van der Waals surface area contributed by atoms with E-state index in [4.69, 9.17) is 14.2 Å². The number of carbonyl (C=O) groups excluding carboxylic acids is 3. The van der Waals surface area contributed by atoms with E-state index in [1.165, 1.54) is 21.0 Å². The van der Waals surface area contributed by atoms with Crippen LogP contribution in [0.2, 0.25) is 0 Å². The Hall–Kier alpha value is -2.35. The van der Waals surface area contributed by atoms with E-state index < -0.39 is 23.7 Å². The molecule has 0 spiro atoms. The summed E-state index contributed by atoms with van der Waals surface area (Å²) in [6, 6.07) is 4.94. The quantitative estimate of drug-likeness (QED) is 0.486. The summed E-state index contributed by atoms with van der Waals surface area (Å²) in [6.07, 6.45) is 1.13. The highest BCUT2D eigenvalue weighted by molar-refractivity contribution is 9.10. The molecule has 0 aromatic heterocycles. The Labute approximate surface area is 140 Å². The fraction of sp³-hybridized carbons (Fsp3) is 0.267. The number of rotatable bonds is 3. The number of benzene rings is 1. The molecule has 1 aromatic rings. The van der Waals surface area contributed by atoms with Gasteiger partial charge in [-0.25, -0.2) is 14.4 Å². The van der Waals surface area contributed by atoms with Gasteiger partial charge in [0.15, 0.2) is 5.57 Å². The van der Waals surface area contributed by atoms with Crippen LogP contribution in [0.25, 0.3) is 0 Å². The Balaban J connectivity index is 2.31. The summed E-state index contributed by atoms with van der Waals surface area (Å²) in [6.45, 7) is 2.91. The van der Waals surface area contributed by atoms with Crippen molar-refractivity contribution in [3.63, 3.8) is 0 Å². The van der Waals surface area contributed by atoms with E-state index in [0.717, 1.165) is 6.20 Å². The van der Waals surface area contributed by atoms with Crippen LogP contribution >= 0.6 is 15.9 Å². The van der Waals surface area contributed by atoms with Gasteiger partial charge in [-0.2, -0.15) is 0 Å². The van der Waals surface area contributed by atoms with Gasteiger partial charge in [-0.1, -0.05) is 6.07 Å². The van der Waals surface area contributed by atoms with Gasteiger partial charge in [0, 0.05) is 24.5 Å². The average Bonchev–Trinajstić information content (AvgIpc) is 2.44. The molecule has 1 saturated heterocycles. The summed E-state index contributed by atoms with van der Waals surface area (Å²) in [5, 5.41) is 2.73. The highest BCUT2D eigenvalue weighted by Crippen LogP contribution is 2.27. The monoisotopic (exact) mass is 383 g/mol. The number of methoxy groups -OCH3 is 1. The second-order valence-corrected chi connectivity index (χ2v) is 5.89. The highest BCUT2D eigenvalue weighted by atomic mass is 79.9. The second-order valence-electron chi connectivity index (χ2n) is 5.04. The molecule has 23 heavy (non-hydrogen) atoms. The zero-order valence-corrected chi connectivity index (χ0v) is 14.2. The first-order valence-corrected chi connectivity index (χ1v) is 7.34. The third kappa shape index (κ3) is 3.70. The molecule has 1 fully saturated rings. The number of hydrogen-bond donors (Lipinski definition) is 1. The first kappa shape index (κ1) is 17.0. The molecule has 8 heteroatoms. The van der Waals surface area contributed by atoms with Crippen LogP contribution < -0.4 is 5.32 Å². The van der Waals surface area contributed by atoms with Crippen molar-refractivity contribution in [2.24, 2.45) is 0 Å². The lowest BCUT2D eigenvalue weighted by Crippen LogP contribution is -2.42.